The van der Waals surface area contributed by atoms with Crippen molar-refractivity contribution in [3.05, 3.63) is 11.4 Å². The summed E-state index contributed by atoms with van der Waals surface area (Å²) in [6.45, 7) is 8.55. The molecule has 18 heavy (non-hydrogen) atoms. The number of morpholine rings is 1. The van der Waals surface area contributed by atoms with Crippen molar-refractivity contribution >= 4 is 5.82 Å². The van der Waals surface area contributed by atoms with E-state index in [1.165, 1.54) is 0 Å². The van der Waals surface area contributed by atoms with Crippen molar-refractivity contribution in [2.75, 3.05) is 31.7 Å². The number of hydrogen-bond donors (Lipinski definition) is 0. The highest BCUT2D eigenvalue weighted by Gasteiger charge is 2.23. The quantitative estimate of drug-likeness (QED) is 0.818. The van der Waals surface area contributed by atoms with E-state index < -0.39 is 0 Å². The molecule has 0 aliphatic carbocycles. The summed E-state index contributed by atoms with van der Waals surface area (Å²) in [5, 5.41) is 0. The molecule has 0 amide bonds. The van der Waals surface area contributed by atoms with Crippen molar-refractivity contribution in [3.63, 3.8) is 0 Å². The normalized spacial score (nSPS) is 20.0. The first-order valence-electron chi connectivity index (χ1n) is 6.41. The molecule has 2 rings (SSSR count). The average molecular weight is 251 g/mol. The van der Waals surface area contributed by atoms with Gasteiger partial charge in [-0.25, -0.2) is 4.98 Å². The Morgan fingerprint density at radius 1 is 1.39 bits per heavy atom. The van der Waals surface area contributed by atoms with Gasteiger partial charge in [0.25, 0.3) is 0 Å². The Bertz CT molecular complexity index is 423. The number of ether oxygens (including phenoxy) is 2. The Labute approximate surface area is 108 Å². The average Bonchev–Trinajstić information content (AvgIpc) is 2.41. The molecular weight excluding hydrogens is 230 g/mol. The molecule has 1 atom stereocenters. The Hall–Kier alpha value is -1.36. The van der Waals surface area contributed by atoms with Gasteiger partial charge in [-0.3, -0.25) is 0 Å². The van der Waals surface area contributed by atoms with Gasteiger partial charge in [-0.05, 0) is 20.3 Å². The number of aromatic nitrogens is 2. The summed E-state index contributed by atoms with van der Waals surface area (Å²) in [6.07, 6.45) is 1.32. The number of hydrogen-bond acceptors (Lipinski definition) is 5. The highest BCUT2D eigenvalue weighted by molar-refractivity contribution is 5.51. The summed E-state index contributed by atoms with van der Waals surface area (Å²) in [5.74, 6) is 2.38. The molecule has 1 aliphatic rings. The number of anilines is 1. The van der Waals surface area contributed by atoms with E-state index in [0.29, 0.717) is 12.0 Å². The van der Waals surface area contributed by atoms with Crippen LogP contribution in [0.2, 0.25) is 0 Å². The molecule has 5 heteroatoms. The summed E-state index contributed by atoms with van der Waals surface area (Å²) in [5.41, 5.74) is 1.000. The first kappa shape index (κ1) is 13.1. The second kappa shape index (κ2) is 5.52. The minimum Gasteiger partial charge on any atom is -0.481 e. The maximum atomic E-state index is 5.69. The van der Waals surface area contributed by atoms with Crippen molar-refractivity contribution in [3.8, 4) is 5.88 Å². The first-order chi connectivity index (χ1) is 8.65. The summed E-state index contributed by atoms with van der Waals surface area (Å²) in [6, 6.07) is 0. The van der Waals surface area contributed by atoms with Crippen molar-refractivity contribution in [1.29, 1.82) is 0 Å². The zero-order chi connectivity index (χ0) is 13.1. The predicted molar refractivity (Wildman–Crippen MR) is 70.3 cm³/mol. The van der Waals surface area contributed by atoms with Crippen LogP contribution in [0.4, 0.5) is 5.82 Å². The van der Waals surface area contributed by atoms with E-state index >= 15 is 0 Å². The molecule has 1 saturated heterocycles. The lowest BCUT2D eigenvalue weighted by Gasteiger charge is -2.34. The Kier molecular flexibility index (Phi) is 4.01. The molecule has 0 bridgehead atoms. The molecule has 100 valence electrons. The highest BCUT2D eigenvalue weighted by Crippen LogP contribution is 2.26. The van der Waals surface area contributed by atoms with Crippen LogP contribution in [0, 0.1) is 13.8 Å². The number of methoxy groups -OCH3 is 1. The van der Waals surface area contributed by atoms with E-state index in [0.717, 1.165) is 43.3 Å². The summed E-state index contributed by atoms with van der Waals surface area (Å²) in [4.78, 5) is 11.1. The van der Waals surface area contributed by atoms with Crippen LogP contribution in [0.3, 0.4) is 0 Å². The van der Waals surface area contributed by atoms with Crippen molar-refractivity contribution in [1.82, 2.24) is 9.97 Å². The van der Waals surface area contributed by atoms with Gasteiger partial charge in [-0.1, -0.05) is 6.92 Å². The predicted octanol–water partition coefficient (Wildman–Crippen LogP) is 1.72. The Morgan fingerprint density at radius 3 is 2.83 bits per heavy atom. The van der Waals surface area contributed by atoms with Gasteiger partial charge in [0.2, 0.25) is 5.88 Å². The van der Waals surface area contributed by atoms with Crippen LogP contribution in [0.5, 0.6) is 5.88 Å². The van der Waals surface area contributed by atoms with Gasteiger partial charge in [0.1, 0.15) is 11.6 Å². The number of rotatable bonds is 3. The molecule has 1 aliphatic heterocycles. The molecule has 0 N–H and O–H groups in total. The van der Waals surface area contributed by atoms with Crippen LogP contribution in [-0.4, -0.2) is 42.9 Å². The minimum absolute atomic E-state index is 0.291. The molecular formula is C13H21N3O2. The van der Waals surface area contributed by atoms with Crippen LogP contribution in [0.15, 0.2) is 0 Å². The highest BCUT2D eigenvalue weighted by atomic mass is 16.5. The topological polar surface area (TPSA) is 47.5 Å². The fourth-order valence-corrected chi connectivity index (χ4v) is 2.25. The second-order valence-electron chi connectivity index (χ2n) is 4.58. The maximum absolute atomic E-state index is 5.69. The lowest BCUT2D eigenvalue weighted by Crippen LogP contribution is -2.43. The zero-order valence-electron chi connectivity index (χ0n) is 11.6. The molecule has 1 aromatic heterocycles. The van der Waals surface area contributed by atoms with E-state index in [1.54, 1.807) is 7.11 Å². The Morgan fingerprint density at radius 2 is 2.17 bits per heavy atom. The Balaban J connectivity index is 2.29. The standard InChI is InChI=1S/C13H21N3O2/c1-5-11-8-16(6-7-18-11)12-9(2)13(17-4)15-10(3)14-12/h11H,5-8H2,1-4H3/t11-/m0/s1. The van der Waals surface area contributed by atoms with Crippen molar-refractivity contribution < 1.29 is 9.47 Å². The van der Waals surface area contributed by atoms with Gasteiger partial charge in [0.05, 0.1) is 25.4 Å². The lowest BCUT2D eigenvalue weighted by atomic mass is 10.2. The number of aryl methyl sites for hydroxylation is 1. The van der Waals surface area contributed by atoms with E-state index in [4.69, 9.17) is 9.47 Å². The molecule has 1 aromatic rings. The second-order valence-corrected chi connectivity index (χ2v) is 4.58. The monoisotopic (exact) mass is 251 g/mol. The van der Waals surface area contributed by atoms with Gasteiger partial charge in [-0.15, -0.1) is 0 Å². The van der Waals surface area contributed by atoms with Gasteiger partial charge in [0.15, 0.2) is 0 Å². The van der Waals surface area contributed by atoms with Gasteiger partial charge < -0.3 is 14.4 Å². The lowest BCUT2D eigenvalue weighted by molar-refractivity contribution is 0.0381. The van der Waals surface area contributed by atoms with Gasteiger partial charge in [0, 0.05) is 13.1 Å². The molecule has 0 unspecified atom stereocenters. The van der Waals surface area contributed by atoms with E-state index in [-0.39, 0.29) is 0 Å². The fourth-order valence-electron chi connectivity index (χ4n) is 2.25. The number of nitrogens with zero attached hydrogens (tertiary/aromatic N) is 3. The zero-order valence-corrected chi connectivity index (χ0v) is 11.6. The first-order valence-corrected chi connectivity index (χ1v) is 6.41. The fraction of sp³-hybridized carbons (Fsp3) is 0.692. The van der Waals surface area contributed by atoms with Crippen LogP contribution in [-0.2, 0) is 4.74 Å². The van der Waals surface area contributed by atoms with Crippen LogP contribution >= 0.6 is 0 Å². The molecule has 1 fully saturated rings. The van der Waals surface area contributed by atoms with Crippen LogP contribution < -0.4 is 9.64 Å². The molecule has 0 aromatic carbocycles. The van der Waals surface area contributed by atoms with E-state index in [1.807, 2.05) is 13.8 Å². The van der Waals surface area contributed by atoms with Crippen LogP contribution in [0.1, 0.15) is 24.7 Å². The molecule has 2 heterocycles. The maximum Gasteiger partial charge on any atom is 0.221 e. The summed E-state index contributed by atoms with van der Waals surface area (Å²) >= 11 is 0. The molecule has 5 nitrogen and oxygen atoms in total. The van der Waals surface area contributed by atoms with Crippen molar-refractivity contribution in [2.45, 2.75) is 33.3 Å². The smallest absolute Gasteiger partial charge is 0.221 e. The van der Waals surface area contributed by atoms with Gasteiger partial charge >= 0.3 is 0 Å². The molecule has 0 saturated carbocycles. The third kappa shape index (κ3) is 2.56. The van der Waals surface area contributed by atoms with Gasteiger partial charge in [-0.2, -0.15) is 4.98 Å². The third-order valence-electron chi connectivity index (χ3n) is 3.27. The summed E-state index contributed by atoms with van der Waals surface area (Å²) < 4.78 is 11.0. The largest absolute Gasteiger partial charge is 0.481 e. The molecule has 0 radical (unpaired) electrons. The van der Waals surface area contributed by atoms with E-state index in [9.17, 15) is 0 Å². The third-order valence-corrected chi connectivity index (χ3v) is 3.27. The van der Waals surface area contributed by atoms with Crippen molar-refractivity contribution in [2.24, 2.45) is 0 Å². The minimum atomic E-state index is 0.291. The summed E-state index contributed by atoms with van der Waals surface area (Å²) in [7, 11) is 1.65. The van der Waals surface area contributed by atoms with Crippen LogP contribution in [0.25, 0.3) is 0 Å². The SMILES string of the molecule is CC[C@H]1CN(c2nc(C)nc(OC)c2C)CCO1. The van der Waals surface area contributed by atoms with E-state index in [2.05, 4.69) is 21.8 Å². The molecule has 0 spiro atoms.